The fourth-order valence-corrected chi connectivity index (χ4v) is 4.18. The Hall–Kier alpha value is -2.56. The first-order valence-electron chi connectivity index (χ1n) is 10.3. The minimum Gasteiger partial charge on any atom is -0.464 e. The number of amides is 1. The lowest BCUT2D eigenvalue weighted by molar-refractivity contribution is -0.147. The van der Waals surface area contributed by atoms with E-state index in [0.717, 1.165) is 48.6 Å². The minimum absolute atomic E-state index is 0.117. The van der Waals surface area contributed by atoms with Crippen molar-refractivity contribution in [3.63, 3.8) is 0 Å². The molecule has 0 bridgehead atoms. The first-order chi connectivity index (χ1) is 13.7. The molecule has 1 aromatic carbocycles. The molecule has 2 aliphatic carbocycles. The van der Waals surface area contributed by atoms with Crippen molar-refractivity contribution in [3.05, 3.63) is 46.7 Å². The lowest BCUT2D eigenvalue weighted by Crippen LogP contribution is -2.30. The largest absolute Gasteiger partial charge is 0.464 e. The molecule has 0 atom stereocenters. The number of fused-ring (bicyclic) bond motifs is 2. The Balaban J connectivity index is 1.24. The lowest BCUT2D eigenvalue weighted by atomic mass is 9.97. The van der Waals surface area contributed by atoms with E-state index in [9.17, 15) is 9.59 Å². The van der Waals surface area contributed by atoms with Gasteiger partial charge in [-0.2, -0.15) is 0 Å². The number of carbonyl (C=O) groups is 2. The third kappa shape index (κ3) is 4.46. The van der Waals surface area contributed by atoms with E-state index in [1.54, 1.807) is 6.26 Å². The van der Waals surface area contributed by atoms with Crippen molar-refractivity contribution in [3.8, 4) is 0 Å². The minimum atomic E-state index is -0.409. The number of rotatable bonds is 7. The lowest BCUT2D eigenvalue weighted by Gasteiger charge is -2.13. The van der Waals surface area contributed by atoms with Crippen molar-refractivity contribution >= 4 is 22.8 Å². The van der Waals surface area contributed by atoms with Gasteiger partial charge in [0.15, 0.2) is 6.61 Å². The van der Waals surface area contributed by atoms with Crippen LogP contribution in [0, 0.1) is 0 Å². The summed E-state index contributed by atoms with van der Waals surface area (Å²) >= 11 is 0. The molecule has 1 aromatic heterocycles. The molecule has 0 radical (unpaired) electrons. The molecule has 2 aliphatic rings. The monoisotopic (exact) mass is 381 g/mol. The van der Waals surface area contributed by atoms with Gasteiger partial charge in [-0.1, -0.05) is 11.6 Å². The predicted octanol–water partition coefficient (Wildman–Crippen LogP) is 4.01. The van der Waals surface area contributed by atoms with E-state index < -0.39 is 5.97 Å². The molecular formula is C23H27NO4. The van der Waals surface area contributed by atoms with Crippen LogP contribution in [-0.2, 0) is 33.6 Å². The summed E-state index contributed by atoms with van der Waals surface area (Å²) in [5, 5.41) is 3.80. The van der Waals surface area contributed by atoms with E-state index in [2.05, 4.69) is 23.5 Å². The van der Waals surface area contributed by atoms with Gasteiger partial charge in [-0.15, -0.1) is 0 Å². The highest BCUT2D eigenvalue weighted by Gasteiger charge is 2.17. The maximum absolute atomic E-state index is 12.2. The smallest absolute Gasteiger partial charge is 0.310 e. The number of hydrogen-bond donors (Lipinski definition) is 1. The van der Waals surface area contributed by atoms with Crippen LogP contribution in [0.2, 0.25) is 0 Å². The third-order valence-electron chi connectivity index (χ3n) is 5.72. The summed E-state index contributed by atoms with van der Waals surface area (Å²) in [5.74, 6) is -0.659. The van der Waals surface area contributed by atoms with E-state index in [0.29, 0.717) is 6.54 Å². The number of aryl methyl sites for hydroxylation is 2. The topological polar surface area (TPSA) is 68.5 Å². The van der Waals surface area contributed by atoms with E-state index in [1.807, 2.05) is 0 Å². The van der Waals surface area contributed by atoms with Gasteiger partial charge in [-0.25, -0.2) is 0 Å². The zero-order chi connectivity index (χ0) is 19.3. The zero-order valence-corrected chi connectivity index (χ0v) is 16.2. The Morgan fingerprint density at radius 3 is 2.75 bits per heavy atom. The summed E-state index contributed by atoms with van der Waals surface area (Å²) in [6.45, 7) is 0.364. The highest BCUT2D eigenvalue weighted by molar-refractivity contribution is 5.88. The van der Waals surface area contributed by atoms with Gasteiger partial charge in [-0.05, 0) is 74.6 Å². The highest BCUT2D eigenvalue weighted by Crippen LogP contribution is 2.30. The zero-order valence-electron chi connectivity index (χ0n) is 16.2. The van der Waals surface area contributed by atoms with E-state index in [4.69, 9.17) is 9.15 Å². The van der Waals surface area contributed by atoms with Crippen LogP contribution < -0.4 is 5.32 Å². The van der Waals surface area contributed by atoms with Crippen LogP contribution in [0.4, 0.5) is 0 Å². The summed E-state index contributed by atoms with van der Waals surface area (Å²) in [5.41, 5.74) is 5.74. The molecule has 0 saturated heterocycles. The number of ether oxygens (including phenoxy) is 1. The fraction of sp³-hybridized carbons (Fsp3) is 0.478. The van der Waals surface area contributed by atoms with Crippen LogP contribution >= 0.6 is 0 Å². The van der Waals surface area contributed by atoms with Crippen molar-refractivity contribution in [2.75, 3.05) is 13.2 Å². The number of hydrogen-bond acceptors (Lipinski definition) is 4. The number of furan rings is 1. The molecule has 4 rings (SSSR count). The van der Waals surface area contributed by atoms with Crippen molar-refractivity contribution in [2.24, 2.45) is 0 Å². The molecule has 0 aliphatic heterocycles. The third-order valence-corrected chi connectivity index (χ3v) is 5.72. The van der Waals surface area contributed by atoms with Crippen molar-refractivity contribution in [2.45, 2.75) is 57.8 Å². The Labute approximate surface area is 165 Å². The summed E-state index contributed by atoms with van der Waals surface area (Å²) in [6, 6.07) is 4.22. The van der Waals surface area contributed by atoms with Gasteiger partial charge in [-0.3, -0.25) is 9.59 Å². The SMILES string of the molecule is O=C(COC(=O)Cc1coc2cc3c(cc12)CCC3)NCCC1=CCCCC1. The van der Waals surface area contributed by atoms with Crippen LogP contribution in [0.5, 0.6) is 0 Å². The molecule has 1 amide bonds. The van der Waals surface area contributed by atoms with Gasteiger partial charge < -0.3 is 14.5 Å². The van der Waals surface area contributed by atoms with Crippen LogP contribution in [0.25, 0.3) is 11.0 Å². The molecule has 148 valence electrons. The number of nitrogens with one attached hydrogen (secondary N) is 1. The molecular weight excluding hydrogens is 354 g/mol. The summed E-state index contributed by atoms with van der Waals surface area (Å²) in [4.78, 5) is 24.1. The molecule has 1 heterocycles. The highest BCUT2D eigenvalue weighted by atomic mass is 16.5. The second-order valence-corrected chi connectivity index (χ2v) is 7.78. The average Bonchev–Trinajstić information content (AvgIpc) is 3.32. The molecule has 0 fully saturated rings. The van der Waals surface area contributed by atoms with E-state index in [-0.39, 0.29) is 18.9 Å². The molecule has 5 nitrogen and oxygen atoms in total. The maximum atomic E-state index is 12.2. The first kappa shape index (κ1) is 18.8. The molecule has 0 unspecified atom stereocenters. The molecule has 2 aromatic rings. The van der Waals surface area contributed by atoms with E-state index in [1.165, 1.54) is 36.0 Å². The van der Waals surface area contributed by atoms with Gasteiger partial charge in [0.1, 0.15) is 5.58 Å². The summed E-state index contributed by atoms with van der Waals surface area (Å²) in [7, 11) is 0. The van der Waals surface area contributed by atoms with Crippen LogP contribution in [-0.4, -0.2) is 25.0 Å². The predicted molar refractivity (Wildman–Crippen MR) is 107 cm³/mol. The Morgan fingerprint density at radius 2 is 1.93 bits per heavy atom. The van der Waals surface area contributed by atoms with Crippen molar-refractivity contribution < 1.29 is 18.7 Å². The average molecular weight is 381 g/mol. The molecule has 28 heavy (non-hydrogen) atoms. The molecule has 5 heteroatoms. The molecule has 0 spiro atoms. The van der Waals surface area contributed by atoms with Gasteiger partial charge in [0, 0.05) is 17.5 Å². The van der Waals surface area contributed by atoms with Gasteiger partial charge in [0.2, 0.25) is 0 Å². The standard InChI is InChI=1S/C23H27NO4/c25-22(24-10-9-16-5-2-1-3-6-16)15-28-23(26)13-19-14-27-21-12-18-8-4-7-17(18)11-20(19)21/h5,11-12,14H,1-4,6-10,13,15H2,(H,24,25). The second-order valence-electron chi connectivity index (χ2n) is 7.78. The normalized spacial score (nSPS) is 15.9. The van der Waals surface area contributed by atoms with E-state index >= 15 is 0 Å². The Morgan fingerprint density at radius 1 is 1.07 bits per heavy atom. The molecule has 0 saturated carbocycles. The van der Waals surface area contributed by atoms with Gasteiger partial charge in [0.25, 0.3) is 5.91 Å². The van der Waals surface area contributed by atoms with Crippen LogP contribution in [0.1, 0.15) is 55.2 Å². The quantitative estimate of drug-likeness (QED) is 0.581. The summed E-state index contributed by atoms with van der Waals surface area (Å²) in [6.07, 6.45) is 13.0. The van der Waals surface area contributed by atoms with Crippen LogP contribution in [0.3, 0.4) is 0 Å². The number of benzene rings is 1. The molecule has 1 N–H and O–H groups in total. The Kier molecular flexibility index (Phi) is 5.79. The first-order valence-corrected chi connectivity index (χ1v) is 10.3. The van der Waals surface area contributed by atoms with Gasteiger partial charge >= 0.3 is 5.97 Å². The van der Waals surface area contributed by atoms with Crippen molar-refractivity contribution in [1.82, 2.24) is 5.32 Å². The van der Waals surface area contributed by atoms with Gasteiger partial charge in [0.05, 0.1) is 12.7 Å². The number of allylic oxidation sites excluding steroid dienone is 1. The number of esters is 1. The summed E-state index contributed by atoms with van der Waals surface area (Å²) < 4.78 is 10.8. The second kappa shape index (κ2) is 8.63. The Bertz CT molecular complexity index is 909. The fourth-order valence-electron chi connectivity index (χ4n) is 4.18. The maximum Gasteiger partial charge on any atom is 0.310 e. The number of carbonyl (C=O) groups excluding carboxylic acids is 2. The van der Waals surface area contributed by atoms with Crippen LogP contribution in [0.15, 0.2) is 34.5 Å². The van der Waals surface area contributed by atoms with Crippen molar-refractivity contribution in [1.29, 1.82) is 0 Å².